The first-order chi connectivity index (χ1) is 10.1. The molecular weight excluding hydrogens is 350 g/mol. The van der Waals surface area contributed by atoms with E-state index in [2.05, 4.69) is 26.2 Å². The fourth-order valence-corrected chi connectivity index (χ4v) is 3.37. The third-order valence-corrected chi connectivity index (χ3v) is 4.34. The van der Waals surface area contributed by atoms with Crippen LogP contribution in [-0.2, 0) is 11.2 Å². The fourth-order valence-electron chi connectivity index (χ4n) is 1.99. The van der Waals surface area contributed by atoms with Crippen molar-refractivity contribution in [2.45, 2.75) is 6.42 Å². The maximum atomic E-state index is 12.1. The van der Waals surface area contributed by atoms with E-state index in [4.69, 9.17) is 5.73 Å². The molecule has 0 fully saturated rings. The second-order valence-corrected chi connectivity index (χ2v) is 6.55. The lowest BCUT2D eigenvalue weighted by molar-refractivity contribution is -0.115. The van der Waals surface area contributed by atoms with Crippen LogP contribution in [0.2, 0.25) is 0 Å². The smallest absolute Gasteiger partial charge is 0.230 e. The average Bonchev–Trinajstić information content (AvgIpc) is 2.79. The molecule has 6 heteroatoms. The minimum atomic E-state index is -0.0832. The van der Waals surface area contributed by atoms with Crippen molar-refractivity contribution in [3.63, 3.8) is 0 Å². The van der Waals surface area contributed by atoms with Crippen molar-refractivity contribution in [1.82, 2.24) is 4.98 Å². The first kappa shape index (κ1) is 14.0. The topological polar surface area (TPSA) is 68.0 Å². The van der Waals surface area contributed by atoms with Gasteiger partial charge in [0.05, 0.1) is 16.6 Å². The number of benzene rings is 2. The molecule has 2 aromatic carbocycles. The summed E-state index contributed by atoms with van der Waals surface area (Å²) in [4.78, 5) is 16.4. The van der Waals surface area contributed by atoms with Gasteiger partial charge in [0.2, 0.25) is 5.91 Å². The van der Waals surface area contributed by atoms with Gasteiger partial charge in [-0.3, -0.25) is 4.79 Å². The van der Waals surface area contributed by atoms with E-state index in [1.807, 2.05) is 36.4 Å². The van der Waals surface area contributed by atoms with Crippen molar-refractivity contribution in [1.29, 1.82) is 0 Å². The molecule has 0 aliphatic rings. The van der Waals surface area contributed by atoms with Gasteiger partial charge in [-0.2, -0.15) is 0 Å². The number of nitrogens with two attached hydrogens (primary N) is 1. The summed E-state index contributed by atoms with van der Waals surface area (Å²) < 4.78 is 1.93. The van der Waals surface area contributed by atoms with Gasteiger partial charge < -0.3 is 11.1 Å². The number of carbonyl (C=O) groups is 1. The monoisotopic (exact) mass is 361 g/mol. The van der Waals surface area contributed by atoms with Crippen LogP contribution in [-0.4, -0.2) is 10.9 Å². The van der Waals surface area contributed by atoms with Gasteiger partial charge in [-0.1, -0.05) is 39.4 Å². The standard InChI is InChI=1S/C15H12BrN3OS/c16-10-3-1-2-9(6-10)7-14(20)19-15-18-12-5-4-11(17)8-13(12)21-15/h1-6,8H,7,17H2,(H,18,19,20). The van der Waals surface area contributed by atoms with Crippen LogP contribution in [0.1, 0.15) is 5.56 Å². The zero-order chi connectivity index (χ0) is 14.8. The number of rotatable bonds is 3. The van der Waals surface area contributed by atoms with Crippen LogP contribution in [0.4, 0.5) is 10.8 Å². The zero-order valence-corrected chi connectivity index (χ0v) is 13.4. The Morgan fingerprint density at radius 3 is 2.95 bits per heavy atom. The Hall–Kier alpha value is -1.92. The molecule has 0 unspecified atom stereocenters. The molecule has 0 bridgehead atoms. The van der Waals surface area contributed by atoms with Gasteiger partial charge in [0.1, 0.15) is 0 Å². The van der Waals surface area contributed by atoms with Crippen molar-refractivity contribution in [2.24, 2.45) is 0 Å². The van der Waals surface area contributed by atoms with Crippen LogP contribution in [0.3, 0.4) is 0 Å². The quantitative estimate of drug-likeness (QED) is 0.696. The third kappa shape index (κ3) is 3.40. The number of anilines is 2. The SMILES string of the molecule is Nc1ccc2nc(NC(=O)Cc3cccc(Br)c3)sc2c1. The number of halogens is 1. The summed E-state index contributed by atoms with van der Waals surface area (Å²) >= 11 is 4.82. The Balaban J connectivity index is 1.74. The van der Waals surface area contributed by atoms with Crippen LogP contribution in [0.15, 0.2) is 46.9 Å². The van der Waals surface area contributed by atoms with Gasteiger partial charge in [0.25, 0.3) is 0 Å². The number of carbonyl (C=O) groups excluding carboxylic acids is 1. The Labute approximate surface area is 134 Å². The van der Waals surface area contributed by atoms with E-state index in [1.165, 1.54) is 11.3 Å². The van der Waals surface area contributed by atoms with Gasteiger partial charge in [-0.25, -0.2) is 4.98 Å². The second kappa shape index (κ2) is 5.83. The minimum absolute atomic E-state index is 0.0832. The minimum Gasteiger partial charge on any atom is -0.399 e. The van der Waals surface area contributed by atoms with Crippen molar-refractivity contribution in [3.8, 4) is 0 Å². The van der Waals surface area contributed by atoms with Gasteiger partial charge >= 0.3 is 0 Å². The summed E-state index contributed by atoms with van der Waals surface area (Å²) in [7, 11) is 0. The normalized spacial score (nSPS) is 10.7. The molecule has 0 aliphatic carbocycles. The summed E-state index contributed by atoms with van der Waals surface area (Å²) in [5.41, 5.74) is 8.22. The lowest BCUT2D eigenvalue weighted by atomic mass is 10.1. The highest BCUT2D eigenvalue weighted by Crippen LogP contribution is 2.27. The number of hydrogen-bond acceptors (Lipinski definition) is 4. The second-order valence-electron chi connectivity index (χ2n) is 4.60. The van der Waals surface area contributed by atoms with Crippen molar-refractivity contribution in [2.75, 3.05) is 11.1 Å². The van der Waals surface area contributed by atoms with Crippen molar-refractivity contribution < 1.29 is 4.79 Å². The number of aromatic nitrogens is 1. The first-order valence-corrected chi connectivity index (χ1v) is 7.91. The highest BCUT2D eigenvalue weighted by atomic mass is 79.9. The summed E-state index contributed by atoms with van der Waals surface area (Å²) in [6, 6.07) is 13.2. The highest BCUT2D eigenvalue weighted by molar-refractivity contribution is 9.10. The first-order valence-electron chi connectivity index (χ1n) is 6.30. The van der Waals surface area contributed by atoms with E-state index in [1.54, 1.807) is 6.07 Å². The number of nitrogens with zero attached hydrogens (tertiary/aromatic N) is 1. The van der Waals surface area contributed by atoms with Crippen molar-refractivity contribution >= 4 is 54.2 Å². The van der Waals surface area contributed by atoms with E-state index < -0.39 is 0 Å². The number of fused-ring (bicyclic) bond motifs is 1. The zero-order valence-electron chi connectivity index (χ0n) is 11.0. The third-order valence-electron chi connectivity index (χ3n) is 2.91. The Morgan fingerprint density at radius 1 is 1.29 bits per heavy atom. The number of hydrogen-bond donors (Lipinski definition) is 2. The molecule has 0 atom stereocenters. The van der Waals surface area contributed by atoms with E-state index in [0.29, 0.717) is 17.2 Å². The molecule has 1 amide bonds. The molecule has 0 saturated carbocycles. The maximum Gasteiger partial charge on any atom is 0.230 e. The molecule has 4 nitrogen and oxygen atoms in total. The van der Waals surface area contributed by atoms with Crippen LogP contribution in [0.5, 0.6) is 0 Å². The molecule has 3 rings (SSSR count). The van der Waals surface area contributed by atoms with Crippen LogP contribution in [0.25, 0.3) is 10.2 Å². The van der Waals surface area contributed by atoms with E-state index in [-0.39, 0.29) is 5.91 Å². The fraction of sp³-hybridized carbons (Fsp3) is 0.0667. The highest BCUT2D eigenvalue weighted by Gasteiger charge is 2.09. The lowest BCUT2D eigenvalue weighted by Gasteiger charge is -2.02. The Morgan fingerprint density at radius 2 is 2.14 bits per heavy atom. The van der Waals surface area contributed by atoms with Gasteiger partial charge in [0, 0.05) is 10.2 Å². The maximum absolute atomic E-state index is 12.1. The molecule has 3 N–H and O–H groups in total. The summed E-state index contributed by atoms with van der Waals surface area (Å²) in [5, 5.41) is 3.42. The largest absolute Gasteiger partial charge is 0.399 e. The van der Waals surface area contributed by atoms with Gasteiger partial charge in [0.15, 0.2) is 5.13 Å². The Kier molecular flexibility index (Phi) is 3.90. The number of thiazole rings is 1. The van der Waals surface area contributed by atoms with E-state index in [9.17, 15) is 4.79 Å². The summed E-state index contributed by atoms with van der Waals surface area (Å²) in [6.07, 6.45) is 0.317. The predicted octanol–water partition coefficient (Wildman–Crippen LogP) is 3.82. The molecule has 0 spiro atoms. The molecule has 1 heterocycles. The average molecular weight is 362 g/mol. The molecule has 106 valence electrons. The predicted molar refractivity (Wildman–Crippen MR) is 90.5 cm³/mol. The van der Waals surface area contributed by atoms with E-state index >= 15 is 0 Å². The number of amides is 1. The van der Waals surface area contributed by atoms with Gasteiger partial charge in [-0.05, 0) is 35.9 Å². The van der Waals surface area contributed by atoms with Crippen LogP contribution >= 0.6 is 27.3 Å². The summed E-state index contributed by atoms with van der Waals surface area (Å²) in [5.74, 6) is -0.0832. The van der Waals surface area contributed by atoms with E-state index in [0.717, 1.165) is 20.3 Å². The number of nitrogens with one attached hydrogen (secondary N) is 1. The Bertz CT molecular complexity index is 816. The molecule has 0 aliphatic heterocycles. The molecule has 0 saturated heterocycles. The lowest BCUT2D eigenvalue weighted by Crippen LogP contribution is -2.14. The van der Waals surface area contributed by atoms with Crippen LogP contribution < -0.4 is 11.1 Å². The molecule has 0 radical (unpaired) electrons. The van der Waals surface area contributed by atoms with Crippen molar-refractivity contribution in [3.05, 3.63) is 52.5 Å². The summed E-state index contributed by atoms with van der Waals surface area (Å²) in [6.45, 7) is 0. The number of nitrogen functional groups attached to an aromatic ring is 1. The molecule has 21 heavy (non-hydrogen) atoms. The van der Waals surface area contributed by atoms with Gasteiger partial charge in [-0.15, -0.1) is 0 Å². The molecule has 3 aromatic rings. The molecule has 1 aromatic heterocycles. The molecular formula is C15H12BrN3OS. The van der Waals surface area contributed by atoms with Crippen LogP contribution in [0, 0.1) is 0 Å².